The number of hydrogen-bond donors (Lipinski definition) is 1. The van der Waals surface area contributed by atoms with Crippen molar-refractivity contribution in [3.8, 4) is 5.88 Å². The first-order valence-corrected chi connectivity index (χ1v) is 10.4. The fourth-order valence-corrected chi connectivity index (χ4v) is 3.85. The van der Waals surface area contributed by atoms with Crippen LogP contribution in [0.2, 0.25) is 0 Å². The van der Waals surface area contributed by atoms with Crippen LogP contribution in [0.25, 0.3) is 11.0 Å². The van der Waals surface area contributed by atoms with Crippen LogP contribution in [0.1, 0.15) is 16.8 Å². The van der Waals surface area contributed by atoms with Gasteiger partial charge < -0.3 is 9.72 Å². The van der Waals surface area contributed by atoms with Gasteiger partial charge >= 0.3 is 0 Å². The number of rotatable bonds is 7. The molecule has 0 saturated carbocycles. The molecule has 1 N–H and O–H groups in total. The zero-order chi connectivity index (χ0) is 20.3. The van der Waals surface area contributed by atoms with E-state index in [1.165, 1.54) is 18.5 Å². The van der Waals surface area contributed by atoms with Crippen molar-refractivity contribution in [2.24, 2.45) is 0 Å². The lowest BCUT2D eigenvalue weighted by Crippen LogP contribution is -2.09. The standard InChI is InChI=1S/C21H19N3O4S/c1-15-19-20(23-14-22-19)18(13-28-29(25,26)17-10-6-3-7-11-17)21(24-15)27-12-16-8-4-2-5-9-16/h2-11,14H,12-13H2,1H3,(H,22,23). The summed E-state index contributed by atoms with van der Waals surface area (Å²) >= 11 is 0. The second-order valence-electron chi connectivity index (χ2n) is 6.41. The number of fused-ring (bicyclic) bond motifs is 1. The first kappa shape index (κ1) is 19.1. The average molecular weight is 409 g/mol. The molecule has 0 spiro atoms. The largest absolute Gasteiger partial charge is 0.472 e. The van der Waals surface area contributed by atoms with Crippen molar-refractivity contribution < 1.29 is 17.3 Å². The van der Waals surface area contributed by atoms with E-state index in [1.807, 2.05) is 37.3 Å². The SMILES string of the molecule is Cc1nc(OCc2ccccc2)c(COS(=O)(=O)c2ccccc2)c2[nH]cnc12. The fourth-order valence-electron chi connectivity index (χ4n) is 2.95. The van der Waals surface area contributed by atoms with Crippen LogP contribution >= 0.6 is 0 Å². The maximum absolute atomic E-state index is 12.5. The zero-order valence-electron chi connectivity index (χ0n) is 15.7. The normalized spacial score (nSPS) is 11.6. The lowest BCUT2D eigenvalue weighted by Gasteiger charge is -2.13. The highest BCUT2D eigenvalue weighted by molar-refractivity contribution is 7.86. The Morgan fingerprint density at radius 1 is 0.966 bits per heavy atom. The number of aromatic amines is 1. The molecule has 2 heterocycles. The summed E-state index contributed by atoms with van der Waals surface area (Å²) in [7, 11) is -3.92. The number of hydrogen-bond acceptors (Lipinski definition) is 6. The minimum Gasteiger partial charge on any atom is -0.472 e. The predicted octanol–water partition coefficient (Wildman–Crippen LogP) is 3.75. The quantitative estimate of drug-likeness (QED) is 0.467. The Bertz CT molecular complexity index is 1220. The van der Waals surface area contributed by atoms with Gasteiger partial charge in [0.2, 0.25) is 5.88 Å². The molecule has 4 rings (SSSR count). The van der Waals surface area contributed by atoms with Crippen LogP contribution in [-0.2, 0) is 27.5 Å². The molecule has 0 amide bonds. The molecule has 2 aromatic heterocycles. The van der Waals surface area contributed by atoms with Crippen molar-refractivity contribution in [3.05, 3.63) is 83.8 Å². The van der Waals surface area contributed by atoms with E-state index in [0.717, 1.165) is 5.56 Å². The third-order valence-corrected chi connectivity index (χ3v) is 5.70. The molecule has 4 aromatic rings. The molecule has 2 aromatic carbocycles. The number of ether oxygens (including phenoxy) is 1. The van der Waals surface area contributed by atoms with Gasteiger partial charge in [-0.25, -0.2) is 9.97 Å². The van der Waals surface area contributed by atoms with Gasteiger partial charge in [-0.3, -0.25) is 4.18 Å². The van der Waals surface area contributed by atoms with Gasteiger partial charge in [0.1, 0.15) is 12.1 Å². The van der Waals surface area contributed by atoms with Crippen LogP contribution in [0.5, 0.6) is 5.88 Å². The average Bonchev–Trinajstić information content (AvgIpc) is 3.24. The molecule has 0 aliphatic heterocycles. The first-order chi connectivity index (χ1) is 14.0. The number of nitrogens with one attached hydrogen (secondary N) is 1. The van der Waals surface area contributed by atoms with E-state index in [2.05, 4.69) is 15.0 Å². The summed E-state index contributed by atoms with van der Waals surface area (Å²) < 4.78 is 36.3. The monoisotopic (exact) mass is 409 g/mol. The Morgan fingerprint density at radius 3 is 2.38 bits per heavy atom. The van der Waals surface area contributed by atoms with Crippen molar-refractivity contribution in [2.45, 2.75) is 25.0 Å². The number of H-pyrrole nitrogens is 1. The van der Waals surface area contributed by atoms with Crippen molar-refractivity contribution in [1.29, 1.82) is 0 Å². The Morgan fingerprint density at radius 2 is 1.66 bits per heavy atom. The Labute approximate surface area is 168 Å². The van der Waals surface area contributed by atoms with Gasteiger partial charge in [0.05, 0.1) is 34.6 Å². The maximum atomic E-state index is 12.5. The molecule has 0 radical (unpaired) electrons. The van der Waals surface area contributed by atoms with Crippen LogP contribution in [0.4, 0.5) is 0 Å². The van der Waals surface area contributed by atoms with E-state index in [1.54, 1.807) is 18.2 Å². The summed E-state index contributed by atoms with van der Waals surface area (Å²) in [6, 6.07) is 17.7. The summed E-state index contributed by atoms with van der Waals surface area (Å²) in [4.78, 5) is 11.9. The highest BCUT2D eigenvalue weighted by atomic mass is 32.2. The molecule has 29 heavy (non-hydrogen) atoms. The molecule has 0 fully saturated rings. The number of aryl methyl sites for hydroxylation is 1. The second kappa shape index (κ2) is 8.02. The lowest BCUT2D eigenvalue weighted by molar-refractivity contribution is 0.268. The Hall–Kier alpha value is -3.23. The summed E-state index contributed by atoms with van der Waals surface area (Å²) in [5, 5.41) is 0. The van der Waals surface area contributed by atoms with Gasteiger partial charge in [-0.05, 0) is 24.6 Å². The zero-order valence-corrected chi connectivity index (χ0v) is 16.5. The second-order valence-corrected chi connectivity index (χ2v) is 8.03. The molecule has 0 aliphatic rings. The third kappa shape index (κ3) is 4.13. The van der Waals surface area contributed by atoms with Gasteiger partial charge in [0, 0.05) is 0 Å². The van der Waals surface area contributed by atoms with Crippen LogP contribution in [0.15, 0.2) is 71.9 Å². The topological polar surface area (TPSA) is 94.2 Å². The van der Waals surface area contributed by atoms with E-state index in [0.29, 0.717) is 34.8 Å². The van der Waals surface area contributed by atoms with Gasteiger partial charge in [-0.1, -0.05) is 48.5 Å². The van der Waals surface area contributed by atoms with E-state index < -0.39 is 10.1 Å². The highest BCUT2D eigenvalue weighted by Gasteiger charge is 2.20. The summed E-state index contributed by atoms with van der Waals surface area (Å²) in [6.07, 6.45) is 1.54. The van der Waals surface area contributed by atoms with Crippen molar-refractivity contribution in [2.75, 3.05) is 0 Å². The smallest absolute Gasteiger partial charge is 0.297 e. The summed E-state index contributed by atoms with van der Waals surface area (Å²) in [5.74, 6) is 0.311. The summed E-state index contributed by atoms with van der Waals surface area (Å²) in [6.45, 7) is 1.89. The molecule has 0 aliphatic carbocycles. The van der Waals surface area contributed by atoms with Crippen LogP contribution in [0, 0.1) is 6.92 Å². The van der Waals surface area contributed by atoms with Crippen molar-refractivity contribution >= 4 is 21.2 Å². The number of imidazole rings is 1. The lowest BCUT2D eigenvalue weighted by atomic mass is 10.2. The highest BCUT2D eigenvalue weighted by Crippen LogP contribution is 2.28. The van der Waals surface area contributed by atoms with Gasteiger partial charge in [0.15, 0.2) is 0 Å². The van der Waals surface area contributed by atoms with E-state index in [9.17, 15) is 8.42 Å². The van der Waals surface area contributed by atoms with Crippen LogP contribution < -0.4 is 4.74 Å². The Balaban J connectivity index is 1.65. The first-order valence-electron chi connectivity index (χ1n) is 8.98. The van der Waals surface area contributed by atoms with E-state index in [-0.39, 0.29) is 11.5 Å². The molecular formula is C21H19N3O4S. The third-order valence-electron chi connectivity index (χ3n) is 4.42. The summed E-state index contributed by atoms with van der Waals surface area (Å²) in [5.41, 5.74) is 3.44. The fraction of sp³-hybridized carbons (Fsp3) is 0.143. The maximum Gasteiger partial charge on any atom is 0.297 e. The molecule has 8 heteroatoms. The molecular weight excluding hydrogens is 390 g/mol. The minimum atomic E-state index is -3.92. The van der Waals surface area contributed by atoms with E-state index in [4.69, 9.17) is 8.92 Å². The predicted molar refractivity (Wildman–Crippen MR) is 108 cm³/mol. The Kier molecular flexibility index (Phi) is 5.28. The number of aromatic nitrogens is 3. The molecule has 0 bridgehead atoms. The van der Waals surface area contributed by atoms with Crippen LogP contribution in [-0.4, -0.2) is 23.4 Å². The molecule has 148 valence electrons. The number of nitrogens with zero attached hydrogens (tertiary/aromatic N) is 2. The molecule has 0 saturated heterocycles. The molecule has 7 nitrogen and oxygen atoms in total. The molecule has 0 atom stereocenters. The molecule has 0 unspecified atom stereocenters. The van der Waals surface area contributed by atoms with Crippen molar-refractivity contribution in [3.63, 3.8) is 0 Å². The van der Waals surface area contributed by atoms with E-state index >= 15 is 0 Å². The van der Waals surface area contributed by atoms with Crippen molar-refractivity contribution in [1.82, 2.24) is 15.0 Å². The van der Waals surface area contributed by atoms with Gasteiger partial charge in [-0.15, -0.1) is 0 Å². The number of pyridine rings is 1. The van der Waals surface area contributed by atoms with Gasteiger partial charge in [0.25, 0.3) is 10.1 Å². The van der Waals surface area contributed by atoms with Gasteiger partial charge in [-0.2, -0.15) is 8.42 Å². The number of benzene rings is 2. The minimum absolute atomic E-state index is 0.0904. The van der Waals surface area contributed by atoms with Crippen LogP contribution in [0.3, 0.4) is 0 Å².